The van der Waals surface area contributed by atoms with Gasteiger partial charge in [-0.1, -0.05) is 0 Å². The maximum atomic E-state index is 12.4. The molecular formula is C13H19F3N4O. The van der Waals surface area contributed by atoms with Gasteiger partial charge in [0.2, 0.25) is 5.91 Å². The average Bonchev–Trinajstić information content (AvgIpc) is 2.87. The van der Waals surface area contributed by atoms with Crippen molar-refractivity contribution < 1.29 is 18.0 Å². The number of nitrogens with one attached hydrogen (secondary N) is 1. The second kappa shape index (κ2) is 6.93. The van der Waals surface area contributed by atoms with Crippen LogP contribution in [0.25, 0.3) is 0 Å². The van der Waals surface area contributed by atoms with Crippen molar-refractivity contribution >= 4 is 5.91 Å². The van der Waals surface area contributed by atoms with Gasteiger partial charge in [0.1, 0.15) is 0 Å². The number of hydrogen-bond donors (Lipinski definition) is 1. The molecule has 0 spiro atoms. The Balaban J connectivity index is 1.72. The second-order valence-corrected chi connectivity index (χ2v) is 5.28. The van der Waals surface area contributed by atoms with Crippen LogP contribution in [0.3, 0.4) is 0 Å². The van der Waals surface area contributed by atoms with Gasteiger partial charge in [-0.25, -0.2) is 0 Å². The molecule has 2 rings (SSSR count). The van der Waals surface area contributed by atoms with E-state index in [1.165, 1.54) is 4.90 Å². The van der Waals surface area contributed by atoms with Crippen LogP contribution < -0.4 is 5.32 Å². The summed E-state index contributed by atoms with van der Waals surface area (Å²) in [6, 6.07) is 1.57. The summed E-state index contributed by atoms with van der Waals surface area (Å²) in [5.41, 5.74) is 0. The molecule has 8 heteroatoms. The molecule has 1 saturated heterocycles. The van der Waals surface area contributed by atoms with Crippen LogP contribution in [0, 0.1) is 0 Å². The molecule has 118 valence electrons. The van der Waals surface area contributed by atoms with Crippen LogP contribution in [0.15, 0.2) is 18.5 Å². The Labute approximate surface area is 121 Å². The van der Waals surface area contributed by atoms with Crippen LogP contribution in [0.5, 0.6) is 0 Å². The SMILES string of the molecule is O=C(CCn1cccn1)NC1CCCN(CC(F)(F)F)C1. The minimum atomic E-state index is -4.19. The lowest BCUT2D eigenvalue weighted by Crippen LogP contribution is -2.50. The van der Waals surface area contributed by atoms with Gasteiger partial charge in [-0.15, -0.1) is 0 Å². The standard InChI is InChI=1S/C13H19F3N4O/c14-13(15,16)10-19-6-1-3-11(9-19)18-12(21)4-8-20-7-2-5-17-20/h2,5,7,11H,1,3-4,6,8-10H2,(H,18,21). The first-order chi connectivity index (χ1) is 9.92. The monoisotopic (exact) mass is 304 g/mol. The van der Waals surface area contributed by atoms with Crippen molar-refractivity contribution in [3.63, 3.8) is 0 Å². The summed E-state index contributed by atoms with van der Waals surface area (Å²) in [7, 11) is 0. The number of rotatable bonds is 5. The summed E-state index contributed by atoms with van der Waals surface area (Å²) in [5, 5.41) is 6.80. The quantitative estimate of drug-likeness (QED) is 0.895. The van der Waals surface area contributed by atoms with E-state index in [-0.39, 0.29) is 24.9 Å². The van der Waals surface area contributed by atoms with Crippen molar-refractivity contribution in [1.82, 2.24) is 20.0 Å². The highest BCUT2D eigenvalue weighted by molar-refractivity contribution is 5.76. The first kappa shape index (κ1) is 15.8. The van der Waals surface area contributed by atoms with Gasteiger partial charge in [0, 0.05) is 37.9 Å². The van der Waals surface area contributed by atoms with Gasteiger partial charge in [-0.05, 0) is 25.5 Å². The van der Waals surface area contributed by atoms with Crippen LogP contribution >= 0.6 is 0 Å². The lowest BCUT2D eigenvalue weighted by molar-refractivity contribution is -0.148. The normalized spacial score (nSPS) is 20.4. The highest BCUT2D eigenvalue weighted by Gasteiger charge is 2.33. The summed E-state index contributed by atoms with van der Waals surface area (Å²) in [5.74, 6) is -0.149. The topological polar surface area (TPSA) is 50.2 Å². The van der Waals surface area contributed by atoms with Crippen molar-refractivity contribution in [3.05, 3.63) is 18.5 Å². The van der Waals surface area contributed by atoms with Gasteiger partial charge in [0.05, 0.1) is 6.54 Å². The molecule has 1 amide bonds. The summed E-state index contributed by atoms with van der Waals surface area (Å²) in [6.45, 7) is 0.247. The fraction of sp³-hybridized carbons (Fsp3) is 0.692. The third-order valence-corrected chi connectivity index (χ3v) is 3.40. The van der Waals surface area contributed by atoms with Gasteiger partial charge >= 0.3 is 6.18 Å². The van der Waals surface area contributed by atoms with Crippen LogP contribution in [0.4, 0.5) is 13.2 Å². The molecule has 0 bridgehead atoms. The number of likely N-dealkylation sites (tertiary alicyclic amines) is 1. The molecule has 1 aliphatic heterocycles. The number of carbonyl (C=O) groups is 1. The summed E-state index contributed by atoms with van der Waals surface area (Å²) >= 11 is 0. The Bertz CT molecular complexity index is 447. The molecule has 1 aromatic heterocycles. The molecule has 1 aromatic rings. The van der Waals surface area contributed by atoms with E-state index in [0.717, 1.165) is 6.42 Å². The van der Waals surface area contributed by atoms with Crippen molar-refractivity contribution in [2.24, 2.45) is 0 Å². The predicted octanol–water partition coefficient (Wildman–Crippen LogP) is 1.42. The lowest BCUT2D eigenvalue weighted by atomic mass is 10.1. The molecule has 21 heavy (non-hydrogen) atoms. The number of nitrogens with zero attached hydrogens (tertiary/aromatic N) is 3. The molecular weight excluding hydrogens is 285 g/mol. The molecule has 0 radical (unpaired) electrons. The fourth-order valence-electron chi connectivity index (χ4n) is 2.52. The van der Waals surface area contributed by atoms with Gasteiger partial charge in [-0.3, -0.25) is 14.4 Å². The zero-order chi connectivity index (χ0) is 15.3. The number of aromatic nitrogens is 2. The molecule has 5 nitrogen and oxygen atoms in total. The molecule has 2 heterocycles. The van der Waals surface area contributed by atoms with Gasteiger partial charge in [0.15, 0.2) is 0 Å². The number of aryl methyl sites for hydroxylation is 1. The van der Waals surface area contributed by atoms with E-state index in [1.807, 2.05) is 0 Å². The van der Waals surface area contributed by atoms with E-state index in [9.17, 15) is 18.0 Å². The zero-order valence-corrected chi connectivity index (χ0v) is 11.6. The molecule has 1 unspecified atom stereocenters. The minimum absolute atomic E-state index is 0.149. The number of alkyl halides is 3. The molecule has 0 aliphatic carbocycles. The molecule has 0 aromatic carbocycles. The van der Waals surface area contributed by atoms with Crippen molar-refractivity contribution in [1.29, 1.82) is 0 Å². The van der Waals surface area contributed by atoms with Crippen molar-refractivity contribution in [3.8, 4) is 0 Å². The molecule has 1 atom stereocenters. The Kier molecular flexibility index (Phi) is 5.22. The highest BCUT2D eigenvalue weighted by Crippen LogP contribution is 2.19. The van der Waals surface area contributed by atoms with E-state index in [4.69, 9.17) is 0 Å². The van der Waals surface area contributed by atoms with Gasteiger partial charge in [-0.2, -0.15) is 18.3 Å². The first-order valence-corrected chi connectivity index (χ1v) is 6.98. The summed E-state index contributed by atoms with van der Waals surface area (Å²) < 4.78 is 38.8. The zero-order valence-electron chi connectivity index (χ0n) is 11.6. The molecule has 1 fully saturated rings. The summed E-state index contributed by atoms with van der Waals surface area (Å²) in [4.78, 5) is 13.2. The third kappa shape index (κ3) is 5.74. The number of hydrogen-bond acceptors (Lipinski definition) is 3. The van der Waals surface area contributed by atoms with Gasteiger partial charge in [0.25, 0.3) is 0 Å². The van der Waals surface area contributed by atoms with E-state index < -0.39 is 12.7 Å². The Hall–Kier alpha value is -1.57. The number of halogens is 3. The maximum Gasteiger partial charge on any atom is 0.401 e. The number of carbonyl (C=O) groups excluding carboxylic acids is 1. The predicted molar refractivity (Wildman–Crippen MR) is 70.5 cm³/mol. The van der Waals surface area contributed by atoms with Crippen molar-refractivity contribution in [2.45, 2.75) is 38.0 Å². The van der Waals surface area contributed by atoms with E-state index in [2.05, 4.69) is 10.4 Å². The smallest absolute Gasteiger partial charge is 0.352 e. The summed E-state index contributed by atoms with van der Waals surface area (Å²) in [6.07, 6.45) is 0.874. The third-order valence-electron chi connectivity index (χ3n) is 3.40. The molecule has 1 aliphatic rings. The lowest BCUT2D eigenvalue weighted by Gasteiger charge is -2.33. The van der Waals surface area contributed by atoms with Crippen LogP contribution in [0.1, 0.15) is 19.3 Å². The van der Waals surface area contributed by atoms with Crippen LogP contribution in [-0.4, -0.2) is 52.4 Å². The van der Waals surface area contributed by atoms with E-state index in [0.29, 0.717) is 19.5 Å². The first-order valence-electron chi connectivity index (χ1n) is 6.98. The number of piperidine rings is 1. The number of amides is 1. The van der Waals surface area contributed by atoms with Crippen molar-refractivity contribution in [2.75, 3.05) is 19.6 Å². The largest absolute Gasteiger partial charge is 0.401 e. The Morgan fingerprint density at radius 3 is 2.90 bits per heavy atom. The molecule has 0 saturated carbocycles. The minimum Gasteiger partial charge on any atom is -0.352 e. The maximum absolute atomic E-state index is 12.4. The van der Waals surface area contributed by atoms with Crippen LogP contribution in [-0.2, 0) is 11.3 Å². The van der Waals surface area contributed by atoms with Crippen LogP contribution in [0.2, 0.25) is 0 Å². The average molecular weight is 304 g/mol. The van der Waals surface area contributed by atoms with E-state index >= 15 is 0 Å². The fourth-order valence-corrected chi connectivity index (χ4v) is 2.52. The second-order valence-electron chi connectivity index (χ2n) is 5.28. The Morgan fingerprint density at radius 1 is 1.43 bits per heavy atom. The highest BCUT2D eigenvalue weighted by atomic mass is 19.4. The van der Waals surface area contributed by atoms with Gasteiger partial charge < -0.3 is 5.32 Å². The Morgan fingerprint density at radius 2 is 2.24 bits per heavy atom. The molecule has 1 N–H and O–H groups in total. The van der Waals surface area contributed by atoms with E-state index in [1.54, 1.807) is 23.1 Å².